The fraction of sp³-hybridized carbons (Fsp3) is 0.429. The largest absolute Gasteiger partial charge is 0.427 e. The second-order valence-corrected chi connectivity index (χ2v) is 3.93. The number of benzene rings is 1. The Morgan fingerprint density at radius 3 is 2.61 bits per heavy atom. The molecule has 0 spiro atoms. The summed E-state index contributed by atoms with van der Waals surface area (Å²) in [6, 6.07) is 8.64. The first-order valence-electron chi connectivity index (χ1n) is 6.13. The van der Waals surface area contributed by atoms with Crippen LogP contribution in [0.25, 0.3) is 0 Å². The molecule has 0 aliphatic rings. The lowest BCUT2D eigenvalue weighted by atomic mass is 10.2. The van der Waals surface area contributed by atoms with Gasteiger partial charge in [0, 0.05) is 6.42 Å². The average molecular weight is 250 g/mol. The SMILES string of the molecule is CCCCCC(OC=O)OC(=O)c1ccccc1. The standard InChI is InChI=1S/C14H18O4/c1-2-3-5-10-13(17-11-15)18-14(16)12-8-6-4-7-9-12/h4,6-9,11,13H,2-3,5,10H2,1H3. The Morgan fingerprint density at radius 1 is 1.28 bits per heavy atom. The van der Waals surface area contributed by atoms with Crippen LogP contribution in [-0.2, 0) is 14.3 Å². The van der Waals surface area contributed by atoms with Crippen molar-refractivity contribution < 1.29 is 19.1 Å². The third-order valence-electron chi connectivity index (χ3n) is 2.50. The molecule has 4 nitrogen and oxygen atoms in total. The predicted octanol–water partition coefficient (Wildman–Crippen LogP) is 2.92. The van der Waals surface area contributed by atoms with Crippen molar-refractivity contribution >= 4 is 12.4 Å². The molecule has 0 bridgehead atoms. The van der Waals surface area contributed by atoms with Crippen molar-refractivity contribution in [3.8, 4) is 0 Å². The number of hydrogen-bond donors (Lipinski definition) is 0. The fourth-order valence-corrected chi connectivity index (χ4v) is 1.54. The number of esters is 1. The van der Waals surface area contributed by atoms with E-state index in [1.165, 1.54) is 0 Å². The molecule has 1 atom stereocenters. The van der Waals surface area contributed by atoms with Gasteiger partial charge in [0.2, 0.25) is 6.29 Å². The van der Waals surface area contributed by atoms with Crippen LogP contribution in [0, 0.1) is 0 Å². The van der Waals surface area contributed by atoms with Crippen molar-refractivity contribution in [3.63, 3.8) is 0 Å². The van der Waals surface area contributed by atoms with E-state index in [0.717, 1.165) is 19.3 Å². The maximum atomic E-state index is 11.7. The topological polar surface area (TPSA) is 52.6 Å². The van der Waals surface area contributed by atoms with Crippen LogP contribution in [0.2, 0.25) is 0 Å². The van der Waals surface area contributed by atoms with Crippen LogP contribution in [0.5, 0.6) is 0 Å². The summed E-state index contributed by atoms with van der Waals surface area (Å²) in [6.45, 7) is 2.39. The lowest BCUT2D eigenvalue weighted by Crippen LogP contribution is -2.21. The zero-order valence-corrected chi connectivity index (χ0v) is 10.5. The van der Waals surface area contributed by atoms with Gasteiger partial charge in [-0.2, -0.15) is 0 Å². The molecule has 1 unspecified atom stereocenters. The molecule has 0 saturated heterocycles. The van der Waals surface area contributed by atoms with E-state index in [0.29, 0.717) is 18.5 Å². The van der Waals surface area contributed by atoms with Crippen molar-refractivity contribution in [2.75, 3.05) is 0 Å². The molecular weight excluding hydrogens is 232 g/mol. The van der Waals surface area contributed by atoms with Gasteiger partial charge in [0.05, 0.1) is 5.56 Å². The van der Waals surface area contributed by atoms with Crippen molar-refractivity contribution in [2.24, 2.45) is 0 Å². The molecule has 1 rings (SSSR count). The van der Waals surface area contributed by atoms with E-state index in [9.17, 15) is 9.59 Å². The number of ether oxygens (including phenoxy) is 2. The monoisotopic (exact) mass is 250 g/mol. The van der Waals surface area contributed by atoms with E-state index in [1.54, 1.807) is 24.3 Å². The van der Waals surface area contributed by atoms with Crippen LogP contribution in [0.15, 0.2) is 30.3 Å². The lowest BCUT2D eigenvalue weighted by Gasteiger charge is -2.15. The highest BCUT2D eigenvalue weighted by atomic mass is 16.7. The number of hydrogen-bond acceptors (Lipinski definition) is 4. The fourth-order valence-electron chi connectivity index (χ4n) is 1.54. The summed E-state index contributed by atoms with van der Waals surface area (Å²) in [5, 5.41) is 0. The van der Waals surface area contributed by atoms with Gasteiger partial charge in [-0.1, -0.05) is 38.0 Å². The molecule has 4 heteroatoms. The van der Waals surface area contributed by atoms with Gasteiger partial charge in [-0.3, -0.25) is 4.79 Å². The Bertz CT molecular complexity index is 361. The van der Waals surface area contributed by atoms with E-state index < -0.39 is 12.3 Å². The molecule has 0 amide bonds. The summed E-state index contributed by atoms with van der Waals surface area (Å²) in [6.07, 6.45) is 2.67. The highest BCUT2D eigenvalue weighted by Gasteiger charge is 2.16. The maximum absolute atomic E-state index is 11.7. The second kappa shape index (κ2) is 8.28. The maximum Gasteiger partial charge on any atom is 0.341 e. The summed E-state index contributed by atoms with van der Waals surface area (Å²) in [7, 11) is 0. The van der Waals surface area contributed by atoms with Crippen LogP contribution < -0.4 is 0 Å². The summed E-state index contributed by atoms with van der Waals surface area (Å²) >= 11 is 0. The van der Waals surface area contributed by atoms with Gasteiger partial charge in [0.25, 0.3) is 6.47 Å². The molecule has 0 saturated carbocycles. The van der Waals surface area contributed by atoms with Crippen LogP contribution in [0.4, 0.5) is 0 Å². The van der Waals surface area contributed by atoms with E-state index >= 15 is 0 Å². The smallest absolute Gasteiger partial charge is 0.341 e. The van der Waals surface area contributed by atoms with Gasteiger partial charge in [0.15, 0.2) is 0 Å². The molecule has 0 fully saturated rings. The molecule has 18 heavy (non-hydrogen) atoms. The van der Waals surface area contributed by atoms with Gasteiger partial charge in [-0.25, -0.2) is 4.79 Å². The minimum absolute atomic E-state index is 0.314. The van der Waals surface area contributed by atoms with E-state index in [1.807, 2.05) is 6.07 Å². The third kappa shape index (κ3) is 4.99. The summed E-state index contributed by atoms with van der Waals surface area (Å²) in [5.74, 6) is -0.473. The van der Waals surface area contributed by atoms with Crippen LogP contribution in [0.3, 0.4) is 0 Å². The predicted molar refractivity (Wildman–Crippen MR) is 66.9 cm³/mol. The molecular formula is C14H18O4. The van der Waals surface area contributed by atoms with Gasteiger partial charge in [0.1, 0.15) is 0 Å². The molecule has 98 valence electrons. The second-order valence-electron chi connectivity index (χ2n) is 3.93. The Morgan fingerprint density at radius 2 is 2.00 bits per heavy atom. The van der Waals surface area contributed by atoms with E-state index in [4.69, 9.17) is 9.47 Å². The first kappa shape index (κ1) is 14.2. The highest BCUT2D eigenvalue weighted by molar-refractivity contribution is 5.89. The normalized spacial score (nSPS) is 11.6. The Labute approximate surface area is 107 Å². The van der Waals surface area contributed by atoms with Gasteiger partial charge in [-0.05, 0) is 18.6 Å². The summed E-state index contributed by atoms with van der Waals surface area (Å²) in [4.78, 5) is 22.1. The van der Waals surface area contributed by atoms with E-state index in [2.05, 4.69) is 6.92 Å². The lowest BCUT2D eigenvalue weighted by molar-refractivity contribution is -0.154. The summed E-state index contributed by atoms with van der Waals surface area (Å²) in [5.41, 5.74) is 0.451. The quantitative estimate of drug-likeness (QED) is 0.308. The number of carbonyl (C=O) groups excluding carboxylic acids is 2. The van der Waals surface area contributed by atoms with Gasteiger partial charge < -0.3 is 9.47 Å². The van der Waals surface area contributed by atoms with Crippen molar-refractivity contribution in [1.82, 2.24) is 0 Å². The zero-order valence-electron chi connectivity index (χ0n) is 10.5. The first-order chi connectivity index (χ1) is 8.77. The van der Waals surface area contributed by atoms with E-state index in [-0.39, 0.29) is 0 Å². The molecule has 0 radical (unpaired) electrons. The minimum Gasteiger partial charge on any atom is -0.427 e. The molecule has 0 N–H and O–H groups in total. The zero-order chi connectivity index (χ0) is 13.2. The average Bonchev–Trinajstić information content (AvgIpc) is 2.40. The molecule has 0 aliphatic carbocycles. The van der Waals surface area contributed by atoms with Crippen LogP contribution >= 0.6 is 0 Å². The Balaban J connectivity index is 2.49. The third-order valence-corrected chi connectivity index (χ3v) is 2.50. The molecule has 0 aromatic heterocycles. The van der Waals surface area contributed by atoms with Crippen molar-refractivity contribution in [3.05, 3.63) is 35.9 Å². The van der Waals surface area contributed by atoms with Gasteiger partial charge in [-0.15, -0.1) is 0 Å². The van der Waals surface area contributed by atoms with Crippen LogP contribution in [0.1, 0.15) is 43.0 Å². The highest BCUT2D eigenvalue weighted by Crippen LogP contribution is 2.10. The molecule has 1 aromatic carbocycles. The molecule has 0 aliphatic heterocycles. The molecule has 0 heterocycles. The Hall–Kier alpha value is -1.84. The number of carbonyl (C=O) groups is 2. The minimum atomic E-state index is -0.790. The van der Waals surface area contributed by atoms with Crippen LogP contribution in [-0.4, -0.2) is 18.7 Å². The molecule has 1 aromatic rings. The van der Waals surface area contributed by atoms with Crippen molar-refractivity contribution in [2.45, 2.75) is 38.9 Å². The van der Waals surface area contributed by atoms with Crippen molar-refractivity contribution in [1.29, 1.82) is 0 Å². The first-order valence-corrected chi connectivity index (χ1v) is 6.13. The number of unbranched alkanes of at least 4 members (excludes halogenated alkanes) is 2. The summed E-state index contributed by atoms with van der Waals surface area (Å²) < 4.78 is 9.89. The number of rotatable bonds is 8. The van der Waals surface area contributed by atoms with Gasteiger partial charge >= 0.3 is 5.97 Å². The Kier molecular flexibility index (Phi) is 6.54.